The molecule has 21 heavy (non-hydrogen) atoms. The van der Waals surface area contributed by atoms with Crippen molar-refractivity contribution in [2.45, 2.75) is 46.6 Å². The van der Waals surface area contributed by atoms with Crippen molar-refractivity contribution in [3.05, 3.63) is 34.9 Å². The average molecular weight is 311 g/mol. The van der Waals surface area contributed by atoms with Gasteiger partial charge in [0, 0.05) is 19.1 Å². The van der Waals surface area contributed by atoms with Crippen LogP contribution >= 0.6 is 12.4 Å². The molecule has 1 atom stereocenters. The molecule has 2 rings (SSSR count). The second kappa shape index (κ2) is 6.80. The van der Waals surface area contributed by atoms with E-state index in [4.69, 9.17) is 5.73 Å². The Kier molecular flexibility index (Phi) is 5.83. The number of rotatable bonds is 2. The molecule has 1 saturated heterocycles. The van der Waals surface area contributed by atoms with Gasteiger partial charge in [-0.05, 0) is 36.8 Å². The first-order valence-corrected chi connectivity index (χ1v) is 7.39. The molecule has 3 nitrogen and oxygen atoms in total. The number of hydrogen-bond donors (Lipinski definition) is 1. The van der Waals surface area contributed by atoms with Crippen molar-refractivity contribution in [3.63, 3.8) is 0 Å². The molecule has 0 aromatic heterocycles. The van der Waals surface area contributed by atoms with Crippen LogP contribution in [0.5, 0.6) is 0 Å². The lowest BCUT2D eigenvalue weighted by Gasteiger charge is -2.42. The number of benzene rings is 1. The molecule has 0 radical (unpaired) electrons. The molecule has 118 valence electrons. The zero-order valence-corrected chi connectivity index (χ0v) is 14.3. The molecule has 1 unspecified atom stereocenters. The topological polar surface area (TPSA) is 46.3 Å². The molecule has 1 aromatic carbocycles. The zero-order valence-electron chi connectivity index (χ0n) is 13.5. The smallest absolute Gasteiger partial charge is 0.227 e. The predicted molar refractivity (Wildman–Crippen MR) is 89.8 cm³/mol. The van der Waals surface area contributed by atoms with Crippen LogP contribution in [0.25, 0.3) is 0 Å². The van der Waals surface area contributed by atoms with Crippen molar-refractivity contribution in [2.75, 3.05) is 13.1 Å². The van der Waals surface area contributed by atoms with Crippen LogP contribution in [0.1, 0.15) is 37.0 Å². The predicted octanol–water partition coefficient (Wildman–Crippen LogP) is 2.85. The van der Waals surface area contributed by atoms with Gasteiger partial charge in [-0.25, -0.2) is 0 Å². The number of nitrogens with zero attached hydrogens (tertiary/aromatic N) is 1. The van der Waals surface area contributed by atoms with E-state index in [1.807, 2.05) is 4.90 Å². The van der Waals surface area contributed by atoms with E-state index in [-0.39, 0.29) is 29.8 Å². The number of piperidine rings is 1. The van der Waals surface area contributed by atoms with E-state index in [9.17, 15) is 4.79 Å². The van der Waals surface area contributed by atoms with E-state index >= 15 is 0 Å². The number of nitrogens with two attached hydrogens (primary N) is 1. The molecule has 4 heteroatoms. The van der Waals surface area contributed by atoms with Crippen molar-refractivity contribution in [3.8, 4) is 0 Å². The highest BCUT2D eigenvalue weighted by atomic mass is 35.5. The highest BCUT2D eigenvalue weighted by Gasteiger charge is 2.35. The van der Waals surface area contributed by atoms with E-state index < -0.39 is 0 Å². The third-order valence-corrected chi connectivity index (χ3v) is 4.51. The normalized spacial score (nSPS) is 20.8. The maximum absolute atomic E-state index is 12.5. The van der Waals surface area contributed by atoms with Crippen molar-refractivity contribution < 1.29 is 4.79 Å². The molecule has 1 amide bonds. The summed E-state index contributed by atoms with van der Waals surface area (Å²) in [6.07, 6.45) is 1.39. The molecule has 2 N–H and O–H groups in total. The Morgan fingerprint density at radius 2 is 2.05 bits per heavy atom. The molecule has 1 aromatic rings. The Hall–Kier alpha value is -1.06. The Labute approximate surface area is 134 Å². The number of aryl methyl sites for hydroxylation is 2. The van der Waals surface area contributed by atoms with Crippen LogP contribution in [0, 0.1) is 19.3 Å². The van der Waals surface area contributed by atoms with Gasteiger partial charge in [-0.2, -0.15) is 0 Å². The molecule has 1 heterocycles. The summed E-state index contributed by atoms with van der Waals surface area (Å²) in [7, 11) is 0. The van der Waals surface area contributed by atoms with Crippen LogP contribution in [0.3, 0.4) is 0 Å². The van der Waals surface area contributed by atoms with Crippen molar-refractivity contribution in [1.82, 2.24) is 4.90 Å². The Balaban J connectivity index is 0.00000220. The molecule has 0 spiro atoms. The minimum atomic E-state index is 0. The standard InChI is InChI=1S/C17H26N2O.ClH/c1-12-5-6-13(2)14(9-12)10-16(20)19-8-7-15(18)17(3,4)11-19;/h5-6,9,15H,7-8,10-11,18H2,1-4H3;1H. The van der Waals surface area contributed by atoms with Crippen molar-refractivity contribution in [2.24, 2.45) is 11.1 Å². The largest absolute Gasteiger partial charge is 0.342 e. The second-order valence-corrected chi connectivity index (χ2v) is 6.81. The van der Waals surface area contributed by atoms with Gasteiger partial charge in [-0.15, -0.1) is 12.4 Å². The van der Waals surface area contributed by atoms with E-state index in [0.29, 0.717) is 6.42 Å². The van der Waals surface area contributed by atoms with Gasteiger partial charge in [0.1, 0.15) is 0 Å². The fourth-order valence-electron chi connectivity index (χ4n) is 2.85. The molecule has 1 aliphatic heterocycles. The quantitative estimate of drug-likeness (QED) is 0.913. The lowest BCUT2D eigenvalue weighted by molar-refractivity contribution is -0.133. The monoisotopic (exact) mass is 310 g/mol. The van der Waals surface area contributed by atoms with Crippen LogP contribution in [-0.4, -0.2) is 29.9 Å². The number of carbonyl (C=O) groups is 1. The number of likely N-dealkylation sites (tertiary alicyclic amines) is 1. The third kappa shape index (κ3) is 4.21. The van der Waals surface area contributed by atoms with Gasteiger partial charge in [0.05, 0.1) is 6.42 Å². The van der Waals surface area contributed by atoms with Gasteiger partial charge in [-0.1, -0.05) is 37.6 Å². The maximum atomic E-state index is 12.5. The molecular formula is C17H27ClN2O. The van der Waals surface area contributed by atoms with Crippen LogP contribution in [-0.2, 0) is 11.2 Å². The van der Waals surface area contributed by atoms with Crippen molar-refractivity contribution in [1.29, 1.82) is 0 Å². The number of carbonyl (C=O) groups excluding carboxylic acids is 1. The summed E-state index contributed by atoms with van der Waals surface area (Å²) < 4.78 is 0. The minimum absolute atomic E-state index is 0. The zero-order chi connectivity index (χ0) is 14.9. The Morgan fingerprint density at radius 3 is 2.67 bits per heavy atom. The lowest BCUT2D eigenvalue weighted by atomic mass is 9.79. The SMILES string of the molecule is Cc1ccc(C)c(CC(=O)N2CCC(N)C(C)(C)C2)c1.Cl. The van der Waals surface area contributed by atoms with Crippen molar-refractivity contribution >= 4 is 18.3 Å². The summed E-state index contributed by atoms with van der Waals surface area (Å²) in [5, 5.41) is 0. The van der Waals surface area contributed by atoms with E-state index in [2.05, 4.69) is 45.9 Å². The van der Waals surface area contributed by atoms with Crippen LogP contribution in [0.15, 0.2) is 18.2 Å². The summed E-state index contributed by atoms with van der Waals surface area (Å²) in [5.41, 5.74) is 9.68. The first kappa shape index (κ1) is 18.0. The molecular weight excluding hydrogens is 284 g/mol. The Morgan fingerprint density at radius 1 is 1.38 bits per heavy atom. The molecule has 1 aliphatic rings. The van der Waals surface area contributed by atoms with Crippen LogP contribution in [0.4, 0.5) is 0 Å². The van der Waals surface area contributed by atoms with Gasteiger partial charge < -0.3 is 10.6 Å². The van der Waals surface area contributed by atoms with Gasteiger partial charge >= 0.3 is 0 Å². The number of hydrogen-bond acceptors (Lipinski definition) is 2. The first-order chi connectivity index (χ1) is 9.29. The number of amides is 1. The summed E-state index contributed by atoms with van der Waals surface area (Å²) in [6, 6.07) is 6.49. The van der Waals surface area contributed by atoms with Gasteiger partial charge in [0.2, 0.25) is 5.91 Å². The number of halogens is 1. The average Bonchev–Trinajstić information content (AvgIpc) is 2.37. The fraction of sp³-hybridized carbons (Fsp3) is 0.588. The highest BCUT2D eigenvalue weighted by molar-refractivity contribution is 5.85. The molecule has 0 bridgehead atoms. The first-order valence-electron chi connectivity index (χ1n) is 7.39. The summed E-state index contributed by atoms with van der Waals surface area (Å²) in [4.78, 5) is 14.5. The lowest BCUT2D eigenvalue weighted by Crippen LogP contribution is -2.54. The maximum Gasteiger partial charge on any atom is 0.227 e. The van der Waals surface area contributed by atoms with E-state index in [1.165, 1.54) is 11.1 Å². The van der Waals surface area contributed by atoms with Crippen LogP contribution < -0.4 is 5.73 Å². The highest BCUT2D eigenvalue weighted by Crippen LogP contribution is 2.28. The van der Waals surface area contributed by atoms with Gasteiger partial charge in [0.25, 0.3) is 0 Å². The van der Waals surface area contributed by atoms with Gasteiger partial charge in [-0.3, -0.25) is 4.79 Å². The summed E-state index contributed by atoms with van der Waals surface area (Å²) in [6.45, 7) is 9.98. The fourth-order valence-corrected chi connectivity index (χ4v) is 2.85. The summed E-state index contributed by atoms with van der Waals surface area (Å²) in [5.74, 6) is 0.221. The molecule has 0 aliphatic carbocycles. The summed E-state index contributed by atoms with van der Waals surface area (Å²) >= 11 is 0. The van der Waals surface area contributed by atoms with Crippen LogP contribution in [0.2, 0.25) is 0 Å². The van der Waals surface area contributed by atoms with Gasteiger partial charge in [0.15, 0.2) is 0 Å². The minimum Gasteiger partial charge on any atom is -0.342 e. The van der Waals surface area contributed by atoms with E-state index in [0.717, 1.165) is 25.1 Å². The second-order valence-electron chi connectivity index (χ2n) is 6.81. The molecule has 1 fully saturated rings. The Bertz CT molecular complexity index is 514. The molecule has 0 saturated carbocycles. The van der Waals surface area contributed by atoms with E-state index in [1.54, 1.807) is 0 Å². The third-order valence-electron chi connectivity index (χ3n) is 4.51.